The highest BCUT2D eigenvalue weighted by Gasteiger charge is 2.22. The molecule has 3 heterocycles. The Kier molecular flexibility index (Phi) is 6.97. The molecule has 3 aromatic carbocycles. The maximum absolute atomic E-state index is 10.0. The topological polar surface area (TPSA) is 42.2 Å². The zero-order chi connectivity index (χ0) is 28.0. The van der Waals surface area contributed by atoms with Gasteiger partial charge in [-0.05, 0) is 67.3 Å². The molecule has 0 spiro atoms. The number of fused-ring (bicyclic) bond motifs is 2. The van der Waals surface area contributed by atoms with Crippen LogP contribution in [0.5, 0.6) is 11.5 Å². The molecule has 6 heteroatoms. The molecule has 0 atom stereocenters. The molecule has 3 aromatic heterocycles. The lowest BCUT2D eigenvalue weighted by Gasteiger charge is -2.09. The third-order valence-electron chi connectivity index (χ3n) is 7.29. The fourth-order valence-corrected chi connectivity index (χ4v) is 9.45. The third kappa shape index (κ3) is 4.41. The van der Waals surface area contributed by atoms with Gasteiger partial charge in [0.15, 0.2) is 11.5 Å². The molecule has 0 bridgehead atoms. The lowest BCUT2D eigenvalue weighted by atomic mass is 10.0. The molecule has 0 unspecified atom stereocenters. The van der Waals surface area contributed by atoms with Crippen molar-refractivity contribution in [3.05, 3.63) is 93.9 Å². The maximum atomic E-state index is 10.0. The SMILES string of the molecule is COc1ccc(/C(C#N)=C\c2sc3sc(-c4sc(-c5ccc(C)cc5)c5ccccc45)c(C)c3c2C)cc1OC. The molecule has 6 rings (SSSR count). The molecule has 0 aliphatic rings. The number of hydrogen-bond acceptors (Lipinski definition) is 6. The predicted octanol–water partition coefficient (Wildman–Crippen LogP) is 10.5. The Labute approximate surface area is 246 Å². The number of benzene rings is 3. The van der Waals surface area contributed by atoms with Crippen LogP contribution in [0.2, 0.25) is 0 Å². The maximum Gasteiger partial charge on any atom is 0.161 e. The second kappa shape index (κ2) is 10.6. The number of allylic oxidation sites excluding steroid dienone is 1. The largest absolute Gasteiger partial charge is 0.493 e. The summed E-state index contributed by atoms with van der Waals surface area (Å²) < 4.78 is 12.1. The first-order chi connectivity index (χ1) is 19.4. The summed E-state index contributed by atoms with van der Waals surface area (Å²) in [6.07, 6.45) is 2.00. The molecule has 0 saturated heterocycles. The molecule has 0 fully saturated rings. The number of ether oxygens (including phenoxy) is 2. The molecule has 3 nitrogen and oxygen atoms in total. The summed E-state index contributed by atoms with van der Waals surface area (Å²) in [7, 11) is 3.22. The fourth-order valence-electron chi connectivity index (χ4n) is 5.14. The minimum atomic E-state index is 0.600. The summed E-state index contributed by atoms with van der Waals surface area (Å²) in [5, 5.41) is 13.9. The highest BCUT2D eigenvalue weighted by Crippen LogP contribution is 2.51. The van der Waals surface area contributed by atoms with Crippen molar-refractivity contribution in [3.63, 3.8) is 0 Å². The van der Waals surface area contributed by atoms with Crippen molar-refractivity contribution in [1.29, 1.82) is 5.26 Å². The van der Waals surface area contributed by atoms with Crippen LogP contribution in [0.15, 0.2) is 66.7 Å². The van der Waals surface area contributed by atoms with Crippen LogP contribution in [0.1, 0.15) is 27.1 Å². The highest BCUT2D eigenvalue weighted by molar-refractivity contribution is 7.41. The molecule has 0 radical (unpaired) electrons. The van der Waals surface area contributed by atoms with Gasteiger partial charge >= 0.3 is 0 Å². The van der Waals surface area contributed by atoms with E-state index in [2.05, 4.69) is 75.4 Å². The van der Waals surface area contributed by atoms with Crippen molar-refractivity contribution in [1.82, 2.24) is 0 Å². The number of thiophene rings is 3. The van der Waals surface area contributed by atoms with Gasteiger partial charge in [0.1, 0.15) is 0 Å². The van der Waals surface area contributed by atoms with Gasteiger partial charge in [-0.2, -0.15) is 5.26 Å². The smallest absolute Gasteiger partial charge is 0.161 e. The summed E-state index contributed by atoms with van der Waals surface area (Å²) >= 11 is 5.50. The van der Waals surface area contributed by atoms with E-state index in [1.165, 1.54) is 57.1 Å². The minimum absolute atomic E-state index is 0.600. The van der Waals surface area contributed by atoms with Gasteiger partial charge in [-0.15, -0.1) is 34.0 Å². The third-order valence-corrected chi connectivity index (χ3v) is 11.3. The molecule has 0 aliphatic carbocycles. The predicted molar refractivity (Wildman–Crippen MR) is 173 cm³/mol. The normalized spacial score (nSPS) is 11.8. The summed E-state index contributed by atoms with van der Waals surface area (Å²) in [6.45, 7) is 6.53. The summed E-state index contributed by atoms with van der Waals surface area (Å²) in [4.78, 5) is 5.09. The van der Waals surface area contributed by atoms with Crippen molar-refractivity contribution in [2.24, 2.45) is 0 Å². The van der Waals surface area contributed by atoms with Crippen LogP contribution < -0.4 is 9.47 Å². The summed E-state index contributed by atoms with van der Waals surface area (Å²) in [5.74, 6) is 1.25. The first kappa shape index (κ1) is 26.3. The zero-order valence-electron chi connectivity index (χ0n) is 22.9. The Balaban J connectivity index is 1.45. The van der Waals surface area contributed by atoms with E-state index >= 15 is 0 Å². The molecule has 40 heavy (non-hydrogen) atoms. The van der Waals surface area contributed by atoms with E-state index in [4.69, 9.17) is 9.47 Å². The first-order valence-electron chi connectivity index (χ1n) is 12.9. The molecular weight excluding hydrogens is 551 g/mol. The van der Waals surface area contributed by atoms with Crippen LogP contribution in [0.3, 0.4) is 0 Å². The van der Waals surface area contributed by atoms with E-state index in [0.717, 1.165) is 10.4 Å². The van der Waals surface area contributed by atoms with Crippen molar-refractivity contribution in [2.75, 3.05) is 14.2 Å². The number of nitriles is 1. The standard InChI is InChI=1S/C34H27NO2S3/c1-19-10-12-22(13-11-19)32-25-8-6-7-9-26(25)33(39-32)31-21(3)30-20(2)29(38-34(30)40-31)17-24(18-35)23-14-15-27(36-4)28(16-23)37-5/h6-17H,1-5H3/b24-17-. The van der Waals surface area contributed by atoms with Crippen LogP contribution in [0.25, 0.3) is 52.0 Å². The monoisotopic (exact) mass is 577 g/mol. The first-order valence-corrected chi connectivity index (χ1v) is 15.3. The van der Waals surface area contributed by atoms with E-state index in [-0.39, 0.29) is 0 Å². The van der Waals surface area contributed by atoms with Crippen LogP contribution in [0, 0.1) is 32.1 Å². The number of nitrogens with zero attached hydrogens (tertiary/aromatic N) is 1. The fraction of sp³-hybridized carbons (Fsp3) is 0.147. The summed E-state index contributed by atoms with van der Waals surface area (Å²) in [6, 6.07) is 25.6. The zero-order valence-corrected chi connectivity index (χ0v) is 25.4. The quantitative estimate of drug-likeness (QED) is 0.185. The van der Waals surface area contributed by atoms with E-state index in [0.29, 0.717) is 17.1 Å². The highest BCUT2D eigenvalue weighted by atomic mass is 32.2. The van der Waals surface area contributed by atoms with Crippen molar-refractivity contribution < 1.29 is 9.47 Å². The van der Waals surface area contributed by atoms with Crippen LogP contribution >= 0.6 is 34.0 Å². The Bertz CT molecular complexity index is 1960. The molecule has 6 aromatic rings. The van der Waals surface area contributed by atoms with Gasteiger partial charge in [0, 0.05) is 30.8 Å². The van der Waals surface area contributed by atoms with Gasteiger partial charge in [0.25, 0.3) is 0 Å². The average Bonchev–Trinajstić information content (AvgIpc) is 3.62. The molecule has 0 aliphatic heterocycles. The number of methoxy groups -OCH3 is 2. The van der Waals surface area contributed by atoms with Crippen LogP contribution in [-0.4, -0.2) is 14.2 Å². The van der Waals surface area contributed by atoms with E-state index in [1.807, 2.05) is 46.9 Å². The van der Waals surface area contributed by atoms with Gasteiger partial charge in [-0.25, -0.2) is 0 Å². The molecule has 0 saturated carbocycles. The van der Waals surface area contributed by atoms with Crippen molar-refractivity contribution in [2.45, 2.75) is 20.8 Å². The molecule has 198 valence electrons. The summed E-state index contributed by atoms with van der Waals surface area (Å²) in [5.41, 5.74) is 6.46. The van der Waals surface area contributed by atoms with E-state index < -0.39 is 0 Å². The van der Waals surface area contributed by atoms with Crippen molar-refractivity contribution in [3.8, 4) is 37.8 Å². The van der Waals surface area contributed by atoms with Gasteiger partial charge in [0.05, 0.1) is 34.8 Å². The van der Waals surface area contributed by atoms with Crippen LogP contribution in [0.4, 0.5) is 0 Å². The van der Waals surface area contributed by atoms with E-state index in [1.54, 1.807) is 25.6 Å². The lowest BCUT2D eigenvalue weighted by Crippen LogP contribution is -1.92. The minimum Gasteiger partial charge on any atom is -0.493 e. The Hall–Kier alpha value is -3.89. The average molecular weight is 578 g/mol. The van der Waals surface area contributed by atoms with Crippen LogP contribution in [-0.2, 0) is 0 Å². The second-order valence-corrected chi connectivity index (χ2v) is 13.1. The molecular formula is C34H27NO2S3. The van der Waals surface area contributed by atoms with E-state index in [9.17, 15) is 5.26 Å². The van der Waals surface area contributed by atoms with Crippen molar-refractivity contribution >= 4 is 65.8 Å². The Morgan fingerprint density at radius 1 is 0.750 bits per heavy atom. The Morgan fingerprint density at radius 3 is 2.10 bits per heavy atom. The molecule has 0 N–H and O–H groups in total. The van der Waals surface area contributed by atoms with Gasteiger partial charge in [0.2, 0.25) is 0 Å². The number of rotatable bonds is 6. The second-order valence-electron chi connectivity index (χ2n) is 9.72. The molecule has 0 amide bonds. The Morgan fingerprint density at radius 2 is 1.45 bits per heavy atom. The van der Waals surface area contributed by atoms with Gasteiger partial charge in [-0.1, -0.05) is 54.1 Å². The van der Waals surface area contributed by atoms with Gasteiger partial charge < -0.3 is 9.47 Å². The van der Waals surface area contributed by atoms with Gasteiger partial charge in [-0.3, -0.25) is 0 Å². The number of aryl methyl sites for hydroxylation is 3. The number of hydrogen-bond donors (Lipinski definition) is 0. The lowest BCUT2D eigenvalue weighted by molar-refractivity contribution is 0.355.